The van der Waals surface area contributed by atoms with Gasteiger partial charge in [-0.25, -0.2) is 4.57 Å². The van der Waals surface area contributed by atoms with Crippen LogP contribution < -0.4 is 9.88 Å². The van der Waals surface area contributed by atoms with E-state index in [2.05, 4.69) is 9.88 Å². The molecule has 0 aromatic carbocycles. The number of carbonyl (C=O) groups excluding carboxylic acids is 3. The van der Waals surface area contributed by atoms with E-state index >= 15 is 0 Å². The molecule has 1 aromatic heterocycles. The fourth-order valence-electron chi connectivity index (χ4n) is 2.16. The molecule has 0 spiro atoms. The number of thioether (sulfide) groups is 1. The Bertz CT molecular complexity index is 520. The number of aromatic nitrogens is 1. The second-order valence-electron chi connectivity index (χ2n) is 5.02. The molecule has 3 amide bonds. The zero-order valence-electron chi connectivity index (χ0n) is 12.4. The van der Waals surface area contributed by atoms with Gasteiger partial charge in [0, 0.05) is 38.1 Å². The number of unbranched alkanes of at least 4 members (excludes halogenated alkanes) is 1. The zero-order chi connectivity index (χ0) is 15.8. The van der Waals surface area contributed by atoms with Crippen LogP contribution in [-0.4, -0.2) is 40.8 Å². The van der Waals surface area contributed by atoms with E-state index in [-0.39, 0.29) is 29.4 Å². The van der Waals surface area contributed by atoms with Gasteiger partial charge in [0.1, 0.15) is 6.54 Å². The highest BCUT2D eigenvalue weighted by atomic mass is 32.2. The standard InChI is InChI=1S/C15H19N3O3S/c19-13(6-2-5-10-17-8-3-1-4-9-17)16-7-11-18-14(20)12-22-15(18)21/h1,3-4,8-9H,2,5-7,10-12H2/p+1. The molecule has 0 aliphatic carbocycles. The Morgan fingerprint density at radius 3 is 2.68 bits per heavy atom. The topological polar surface area (TPSA) is 70.4 Å². The quantitative estimate of drug-likeness (QED) is 0.571. The second kappa shape index (κ2) is 8.53. The first-order chi connectivity index (χ1) is 10.7. The Morgan fingerprint density at radius 2 is 2.00 bits per heavy atom. The number of nitrogens with one attached hydrogen (secondary N) is 1. The Labute approximate surface area is 133 Å². The van der Waals surface area contributed by atoms with Crippen LogP contribution in [-0.2, 0) is 16.1 Å². The van der Waals surface area contributed by atoms with E-state index in [9.17, 15) is 14.4 Å². The number of imide groups is 1. The second-order valence-corrected chi connectivity index (χ2v) is 5.95. The maximum atomic E-state index is 11.7. The lowest BCUT2D eigenvalue weighted by molar-refractivity contribution is -0.697. The number of carbonyl (C=O) groups is 3. The third-order valence-electron chi connectivity index (χ3n) is 3.35. The lowest BCUT2D eigenvalue weighted by Gasteiger charge is -2.12. The fraction of sp³-hybridized carbons (Fsp3) is 0.467. The first kappa shape index (κ1) is 16.5. The average molecular weight is 322 g/mol. The number of hydrogen-bond acceptors (Lipinski definition) is 4. The van der Waals surface area contributed by atoms with Gasteiger partial charge in [0.25, 0.3) is 5.24 Å². The van der Waals surface area contributed by atoms with Gasteiger partial charge in [-0.15, -0.1) is 0 Å². The summed E-state index contributed by atoms with van der Waals surface area (Å²) < 4.78 is 2.08. The Kier molecular flexibility index (Phi) is 6.39. The largest absolute Gasteiger partial charge is 0.354 e. The van der Waals surface area contributed by atoms with Crippen LogP contribution >= 0.6 is 11.8 Å². The predicted octanol–water partition coefficient (Wildman–Crippen LogP) is 0.956. The molecule has 2 heterocycles. The first-order valence-corrected chi connectivity index (χ1v) is 8.33. The van der Waals surface area contributed by atoms with E-state index in [1.54, 1.807) is 0 Å². The van der Waals surface area contributed by atoms with E-state index in [0.717, 1.165) is 31.1 Å². The molecular weight excluding hydrogens is 302 g/mol. The van der Waals surface area contributed by atoms with E-state index in [4.69, 9.17) is 0 Å². The van der Waals surface area contributed by atoms with Crippen molar-refractivity contribution in [1.82, 2.24) is 10.2 Å². The normalized spacial score (nSPS) is 14.5. The maximum absolute atomic E-state index is 11.7. The molecule has 1 aliphatic rings. The molecule has 1 aromatic rings. The molecule has 0 saturated carbocycles. The van der Waals surface area contributed by atoms with Gasteiger partial charge in [0.2, 0.25) is 11.8 Å². The number of rotatable bonds is 8. The third kappa shape index (κ3) is 5.14. The van der Waals surface area contributed by atoms with Crippen LogP contribution in [0.25, 0.3) is 0 Å². The SMILES string of the molecule is O=C(CCCC[n+]1ccccc1)NCCN1C(=O)CSC1=O. The number of pyridine rings is 1. The minimum absolute atomic E-state index is 0.0372. The van der Waals surface area contributed by atoms with Gasteiger partial charge in [0.15, 0.2) is 12.4 Å². The molecule has 118 valence electrons. The number of nitrogens with zero attached hydrogens (tertiary/aromatic N) is 2. The highest BCUT2D eigenvalue weighted by molar-refractivity contribution is 8.14. The zero-order valence-corrected chi connectivity index (χ0v) is 13.2. The molecule has 0 unspecified atom stereocenters. The van der Waals surface area contributed by atoms with Crippen molar-refractivity contribution >= 4 is 28.8 Å². The molecule has 0 atom stereocenters. The van der Waals surface area contributed by atoms with Crippen molar-refractivity contribution in [3.05, 3.63) is 30.6 Å². The highest BCUT2D eigenvalue weighted by Crippen LogP contribution is 2.17. The van der Waals surface area contributed by atoms with Crippen LogP contribution in [0.2, 0.25) is 0 Å². The smallest absolute Gasteiger partial charge is 0.288 e. The molecule has 7 heteroatoms. The number of aryl methyl sites for hydroxylation is 1. The van der Waals surface area contributed by atoms with Crippen LogP contribution in [0.4, 0.5) is 4.79 Å². The van der Waals surface area contributed by atoms with Crippen molar-refractivity contribution < 1.29 is 19.0 Å². The van der Waals surface area contributed by atoms with Gasteiger partial charge >= 0.3 is 0 Å². The molecule has 22 heavy (non-hydrogen) atoms. The van der Waals surface area contributed by atoms with Crippen molar-refractivity contribution in [2.45, 2.75) is 25.8 Å². The maximum Gasteiger partial charge on any atom is 0.288 e. The van der Waals surface area contributed by atoms with Crippen LogP contribution in [0.15, 0.2) is 30.6 Å². The third-order valence-corrected chi connectivity index (χ3v) is 4.20. The summed E-state index contributed by atoms with van der Waals surface area (Å²) in [5, 5.41) is 2.53. The summed E-state index contributed by atoms with van der Waals surface area (Å²) in [6, 6.07) is 5.93. The fourth-order valence-corrected chi connectivity index (χ4v) is 2.91. The lowest BCUT2D eigenvalue weighted by Crippen LogP contribution is -2.37. The van der Waals surface area contributed by atoms with E-state index in [0.29, 0.717) is 13.0 Å². The monoisotopic (exact) mass is 322 g/mol. The van der Waals surface area contributed by atoms with Crippen molar-refractivity contribution in [2.24, 2.45) is 0 Å². The number of hydrogen-bond donors (Lipinski definition) is 1. The average Bonchev–Trinajstić information content (AvgIpc) is 2.84. The van der Waals surface area contributed by atoms with Crippen molar-refractivity contribution in [2.75, 3.05) is 18.8 Å². The summed E-state index contributed by atoms with van der Waals surface area (Å²) in [5.41, 5.74) is 0. The molecule has 1 N–H and O–H groups in total. The molecule has 0 radical (unpaired) electrons. The van der Waals surface area contributed by atoms with Gasteiger partial charge in [-0.3, -0.25) is 19.3 Å². The van der Waals surface area contributed by atoms with Crippen molar-refractivity contribution in [3.63, 3.8) is 0 Å². The predicted molar refractivity (Wildman–Crippen MR) is 83.1 cm³/mol. The summed E-state index contributed by atoms with van der Waals surface area (Å²) in [5.74, 6) is -0.00171. The summed E-state index contributed by atoms with van der Waals surface area (Å²) >= 11 is 1.01. The molecular formula is C15H20N3O3S+. The minimum atomic E-state index is -0.223. The summed E-state index contributed by atoms with van der Waals surface area (Å²) in [6.45, 7) is 1.47. The van der Waals surface area contributed by atoms with Crippen LogP contribution in [0.1, 0.15) is 19.3 Å². The Morgan fingerprint density at radius 1 is 1.23 bits per heavy atom. The lowest BCUT2D eigenvalue weighted by atomic mass is 10.2. The van der Waals surface area contributed by atoms with Crippen LogP contribution in [0, 0.1) is 0 Å². The Hall–Kier alpha value is -1.89. The minimum Gasteiger partial charge on any atom is -0.354 e. The van der Waals surface area contributed by atoms with Crippen LogP contribution in [0.5, 0.6) is 0 Å². The molecule has 6 nitrogen and oxygen atoms in total. The molecule has 2 rings (SSSR count). The van der Waals surface area contributed by atoms with E-state index < -0.39 is 0 Å². The highest BCUT2D eigenvalue weighted by Gasteiger charge is 2.29. The van der Waals surface area contributed by atoms with E-state index in [1.165, 1.54) is 4.90 Å². The molecule has 1 saturated heterocycles. The first-order valence-electron chi connectivity index (χ1n) is 7.35. The Balaban J connectivity index is 1.54. The van der Waals surface area contributed by atoms with Gasteiger partial charge in [0.05, 0.1) is 5.75 Å². The van der Waals surface area contributed by atoms with E-state index in [1.807, 2.05) is 30.6 Å². The van der Waals surface area contributed by atoms with Gasteiger partial charge in [-0.1, -0.05) is 17.8 Å². The van der Waals surface area contributed by atoms with Crippen molar-refractivity contribution in [3.8, 4) is 0 Å². The number of amides is 3. The van der Waals surface area contributed by atoms with Crippen LogP contribution in [0.3, 0.4) is 0 Å². The van der Waals surface area contributed by atoms with Gasteiger partial charge in [-0.05, 0) is 6.42 Å². The summed E-state index contributed by atoms with van der Waals surface area (Å²) in [4.78, 5) is 35.6. The molecule has 1 aliphatic heterocycles. The molecule has 0 bridgehead atoms. The van der Waals surface area contributed by atoms with Gasteiger partial charge in [-0.2, -0.15) is 0 Å². The molecule has 1 fully saturated rings. The van der Waals surface area contributed by atoms with Crippen molar-refractivity contribution in [1.29, 1.82) is 0 Å². The summed E-state index contributed by atoms with van der Waals surface area (Å²) in [7, 11) is 0. The summed E-state index contributed by atoms with van der Waals surface area (Å²) in [6.07, 6.45) is 6.21. The van der Waals surface area contributed by atoms with Gasteiger partial charge < -0.3 is 5.32 Å².